The van der Waals surface area contributed by atoms with E-state index in [0.29, 0.717) is 22.0 Å². The Bertz CT molecular complexity index is 558. The summed E-state index contributed by atoms with van der Waals surface area (Å²) in [4.78, 5) is 22.9. The van der Waals surface area contributed by atoms with E-state index in [0.717, 1.165) is 0 Å². The van der Waals surface area contributed by atoms with Crippen molar-refractivity contribution in [1.82, 2.24) is 5.32 Å². The van der Waals surface area contributed by atoms with Crippen LogP contribution in [-0.2, 0) is 9.59 Å². The zero-order valence-corrected chi connectivity index (χ0v) is 13.3. The second-order valence-electron chi connectivity index (χ2n) is 4.71. The highest BCUT2D eigenvalue weighted by atomic mass is 35.5. The fraction of sp³-hybridized carbons (Fsp3) is 0.333. The van der Waals surface area contributed by atoms with E-state index < -0.39 is 17.9 Å². The molecule has 2 atom stereocenters. The smallest absolute Gasteiger partial charge is 0.326 e. The normalized spacial score (nSPS) is 13.9. The molecule has 0 spiro atoms. The number of carbonyl (C=O) groups is 2. The summed E-state index contributed by atoms with van der Waals surface area (Å²) in [5.74, 6) is -1.69. The van der Waals surface area contributed by atoms with Crippen molar-refractivity contribution in [1.29, 1.82) is 0 Å². The number of halogens is 2. The lowest BCUT2D eigenvalue weighted by Crippen LogP contribution is -2.44. The fourth-order valence-electron chi connectivity index (χ4n) is 1.69. The third-order valence-corrected chi connectivity index (χ3v) is 3.73. The van der Waals surface area contributed by atoms with Gasteiger partial charge in [-0.15, -0.1) is 0 Å². The molecule has 0 aliphatic rings. The summed E-state index contributed by atoms with van der Waals surface area (Å²) in [5, 5.41) is 12.5. The van der Waals surface area contributed by atoms with Crippen LogP contribution in [0.15, 0.2) is 24.3 Å². The van der Waals surface area contributed by atoms with Gasteiger partial charge in [0, 0.05) is 16.1 Å². The largest absolute Gasteiger partial charge is 0.480 e. The molecule has 0 bridgehead atoms. The molecule has 0 saturated heterocycles. The van der Waals surface area contributed by atoms with E-state index in [9.17, 15) is 9.59 Å². The molecule has 0 aromatic heterocycles. The van der Waals surface area contributed by atoms with Crippen LogP contribution in [0.4, 0.5) is 0 Å². The van der Waals surface area contributed by atoms with E-state index in [1.807, 2.05) is 6.92 Å². The number of hydrogen-bond acceptors (Lipinski definition) is 2. The Kier molecular flexibility index (Phi) is 6.72. The van der Waals surface area contributed by atoms with Crippen LogP contribution in [-0.4, -0.2) is 23.0 Å². The number of rotatable bonds is 6. The lowest BCUT2D eigenvalue weighted by molar-refractivity contribution is -0.142. The van der Waals surface area contributed by atoms with Crippen molar-refractivity contribution < 1.29 is 14.7 Å². The first-order chi connectivity index (χ1) is 9.85. The Balaban J connectivity index is 2.78. The van der Waals surface area contributed by atoms with Crippen molar-refractivity contribution in [3.05, 3.63) is 39.9 Å². The molecular weight excluding hydrogens is 313 g/mol. The molecule has 0 aliphatic carbocycles. The Labute approximate surface area is 133 Å². The predicted molar refractivity (Wildman–Crippen MR) is 84.5 cm³/mol. The van der Waals surface area contributed by atoms with Crippen molar-refractivity contribution in [3.63, 3.8) is 0 Å². The lowest BCUT2D eigenvalue weighted by Gasteiger charge is -2.19. The van der Waals surface area contributed by atoms with E-state index in [4.69, 9.17) is 28.3 Å². The van der Waals surface area contributed by atoms with Crippen LogP contribution in [0.5, 0.6) is 0 Å². The second-order valence-corrected chi connectivity index (χ2v) is 5.55. The molecule has 6 heteroatoms. The summed E-state index contributed by atoms with van der Waals surface area (Å²) in [7, 11) is 0. The Morgan fingerprint density at radius 2 is 2.05 bits per heavy atom. The molecule has 1 rings (SSSR count). The van der Waals surface area contributed by atoms with Gasteiger partial charge in [0.05, 0.1) is 0 Å². The van der Waals surface area contributed by atoms with E-state index in [1.54, 1.807) is 25.1 Å². The zero-order chi connectivity index (χ0) is 16.0. The maximum atomic E-state index is 11.8. The molecule has 0 fully saturated rings. The number of carbonyl (C=O) groups excluding carboxylic acids is 1. The van der Waals surface area contributed by atoms with Crippen molar-refractivity contribution in [2.24, 2.45) is 5.92 Å². The third kappa shape index (κ3) is 5.40. The summed E-state index contributed by atoms with van der Waals surface area (Å²) in [6, 6.07) is 3.98. The molecule has 0 radical (unpaired) electrons. The molecule has 0 unspecified atom stereocenters. The third-order valence-electron chi connectivity index (χ3n) is 3.15. The molecule has 0 saturated carbocycles. The molecule has 2 N–H and O–H groups in total. The highest BCUT2D eigenvalue weighted by molar-refractivity contribution is 6.34. The summed E-state index contributed by atoms with van der Waals surface area (Å²) >= 11 is 11.8. The Morgan fingerprint density at radius 1 is 1.38 bits per heavy atom. The minimum absolute atomic E-state index is 0.158. The first-order valence-electron chi connectivity index (χ1n) is 6.51. The van der Waals surface area contributed by atoms with Gasteiger partial charge in [0.25, 0.3) is 0 Å². The Morgan fingerprint density at radius 3 is 2.62 bits per heavy atom. The first-order valence-corrected chi connectivity index (χ1v) is 7.27. The topological polar surface area (TPSA) is 66.4 Å². The molecule has 0 aliphatic heterocycles. The number of benzene rings is 1. The van der Waals surface area contributed by atoms with Gasteiger partial charge in [0.2, 0.25) is 5.91 Å². The minimum atomic E-state index is -1.05. The summed E-state index contributed by atoms with van der Waals surface area (Å²) in [5.41, 5.74) is 0.592. The van der Waals surface area contributed by atoms with E-state index in [-0.39, 0.29) is 5.92 Å². The van der Waals surface area contributed by atoms with Crippen LogP contribution >= 0.6 is 23.2 Å². The highest BCUT2D eigenvalue weighted by Gasteiger charge is 2.24. The monoisotopic (exact) mass is 329 g/mol. The fourth-order valence-corrected chi connectivity index (χ4v) is 2.05. The lowest BCUT2D eigenvalue weighted by atomic mass is 9.99. The van der Waals surface area contributed by atoms with Crippen LogP contribution < -0.4 is 5.32 Å². The number of carboxylic acids is 1. The molecule has 21 heavy (non-hydrogen) atoms. The van der Waals surface area contributed by atoms with Gasteiger partial charge in [0.15, 0.2) is 0 Å². The SMILES string of the molecule is CC[C@H](C)[C@H](NC(=O)/C=C/c1cc(Cl)ccc1Cl)C(=O)O. The molecule has 1 amide bonds. The number of aliphatic carboxylic acids is 1. The van der Waals surface area contributed by atoms with Gasteiger partial charge < -0.3 is 10.4 Å². The standard InChI is InChI=1S/C15H17Cl2NO3/c1-3-9(2)14(15(20)21)18-13(19)7-4-10-8-11(16)5-6-12(10)17/h4-9,14H,3H2,1-2H3,(H,18,19)(H,20,21)/b7-4+/t9-,14-/m0/s1. The molecule has 1 aromatic rings. The van der Waals surface area contributed by atoms with Gasteiger partial charge in [-0.05, 0) is 35.8 Å². The minimum Gasteiger partial charge on any atom is -0.480 e. The first kappa shape index (κ1) is 17.5. The average Bonchev–Trinajstić information content (AvgIpc) is 2.44. The molecule has 114 valence electrons. The summed E-state index contributed by atoms with van der Waals surface area (Å²) in [6.07, 6.45) is 3.40. The van der Waals surface area contributed by atoms with Gasteiger partial charge in [-0.25, -0.2) is 4.79 Å². The number of carboxylic acid groups (broad SMARTS) is 1. The van der Waals surface area contributed by atoms with Crippen molar-refractivity contribution in [2.75, 3.05) is 0 Å². The van der Waals surface area contributed by atoms with Crippen LogP contribution in [0.2, 0.25) is 10.0 Å². The Hall–Kier alpha value is -1.52. The predicted octanol–water partition coefficient (Wildman–Crippen LogP) is 3.62. The van der Waals surface area contributed by atoms with Crippen molar-refractivity contribution in [2.45, 2.75) is 26.3 Å². The second kappa shape index (κ2) is 8.05. The average molecular weight is 330 g/mol. The summed E-state index contributed by atoms with van der Waals surface area (Å²) < 4.78 is 0. The zero-order valence-electron chi connectivity index (χ0n) is 11.8. The van der Waals surface area contributed by atoms with Crippen molar-refractivity contribution in [3.8, 4) is 0 Å². The number of amides is 1. The van der Waals surface area contributed by atoms with Gasteiger partial charge in [-0.3, -0.25) is 4.79 Å². The van der Waals surface area contributed by atoms with Crippen LogP contribution in [0, 0.1) is 5.92 Å². The van der Waals surface area contributed by atoms with Gasteiger partial charge in [-0.1, -0.05) is 43.5 Å². The molecular formula is C15H17Cl2NO3. The van der Waals surface area contributed by atoms with Crippen LogP contribution in [0.25, 0.3) is 6.08 Å². The maximum absolute atomic E-state index is 11.8. The van der Waals surface area contributed by atoms with Gasteiger partial charge in [0.1, 0.15) is 6.04 Å². The molecule has 0 heterocycles. The molecule has 4 nitrogen and oxygen atoms in total. The highest BCUT2D eigenvalue weighted by Crippen LogP contribution is 2.21. The maximum Gasteiger partial charge on any atom is 0.326 e. The van der Waals surface area contributed by atoms with Crippen LogP contribution in [0.3, 0.4) is 0 Å². The van der Waals surface area contributed by atoms with Crippen LogP contribution in [0.1, 0.15) is 25.8 Å². The quantitative estimate of drug-likeness (QED) is 0.783. The van der Waals surface area contributed by atoms with E-state index in [2.05, 4.69) is 5.32 Å². The number of nitrogens with one attached hydrogen (secondary N) is 1. The van der Waals surface area contributed by atoms with Gasteiger partial charge >= 0.3 is 5.97 Å². The van der Waals surface area contributed by atoms with Crippen molar-refractivity contribution >= 4 is 41.2 Å². The number of hydrogen-bond donors (Lipinski definition) is 2. The molecule has 1 aromatic carbocycles. The van der Waals surface area contributed by atoms with Gasteiger partial charge in [-0.2, -0.15) is 0 Å². The summed E-state index contributed by atoms with van der Waals surface area (Å²) in [6.45, 7) is 3.64. The van der Waals surface area contributed by atoms with E-state index in [1.165, 1.54) is 12.2 Å². The van der Waals surface area contributed by atoms with E-state index >= 15 is 0 Å².